The van der Waals surface area contributed by atoms with Crippen molar-refractivity contribution in [2.24, 2.45) is 0 Å². The van der Waals surface area contributed by atoms with E-state index in [1.807, 2.05) is 0 Å². The molecule has 0 fully saturated rings. The van der Waals surface area contributed by atoms with Gasteiger partial charge in [0.1, 0.15) is 0 Å². The van der Waals surface area contributed by atoms with Crippen LogP contribution in [-0.2, 0) is 5.92 Å². The highest BCUT2D eigenvalue weighted by Gasteiger charge is 2.58. The zero-order valence-electron chi connectivity index (χ0n) is 8.35. The molecule has 89 valence electrons. The molecule has 0 heterocycles. The number of alkyl halides is 5. The van der Waals surface area contributed by atoms with Gasteiger partial charge >= 0.3 is 12.1 Å². The van der Waals surface area contributed by atoms with Gasteiger partial charge in [0.05, 0.1) is 0 Å². The largest absolute Gasteiger partial charge is 0.458 e. The van der Waals surface area contributed by atoms with Crippen LogP contribution in [0.25, 0.3) is 10.8 Å². The molecule has 0 atom stereocenters. The molecule has 2 aromatic rings. The molecule has 0 unspecified atom stereocenters. The zero-order valence-corrected chi connectivity index (χ0v) is 8.35. The molecular formula is C12H6F5. The predicted molar refractivity (Wildman–Crippen MR) is 52.7 cm³/mol. The van der Waals surface area contributed by atoms with Gasteiger partial charge in [0.2, 0.25) is 0 Å². The fraction of sp³-hybridized carbons (Fsp3) is 0.167. The molecule has 0 saturated carbocycles. The molecule has 2 aromatic carbocycles. The van der Waals surface area contributed by atoms with Crippen LogP contribution in [0.15, 0.2) is 36.4 Å². The predicted octanol–water partition coefficient (Wildman–Crippen LogP) is 4.29. The molecule has 0 aliphatic heterocycles. The van der Waals surface area contributed by atoms with Crippen molar-refractivity contribution in [2.45, 2.75) is 12.1 Å². The highest BCUT2D eigenvalue weighted by atomic mass is 19.4. The maximum absolute atomic E-state index is 13.0. The van der Waals surface area contributed by atoms with Gasteiger partial charge in [-0.25, -0.2) is 0 Å². The Morgan fingerprint density at radius 1 is 0.824 bits per heavy atom. The van der Waals surface area contributed by atoms with Gasteiger partial charge in [-0.15, -0.1) is 0 Å². The van der Waals surface area contributed by atoms with E-state index in [4.69, 9.17) is 0 Å². The average Bonchev–Trinajstić information content (AvgIpc) is 2.27. The van der Waals surface area contributed by atoms with Crippen LogP contribution in [-0.4, -0.2) is 6.18 Å². The van der Waals surface area contributed by atoms with E-state index in [1.165, 1.54) is 12.1 Å². The fourth-order valence-corrected chi connectivity index (χ4v) is 1.45. The van der Waals surface area contributed by atoms with Crippen LogP contribution in [0.3, 0.4) is 0 Å². The van der Waals surface area contributed by atoms with E-state index in [1.54, 1.807) is 18.2 Å². The lowest BCUT2D eigenvalue weighted by Crippen LogP contribution is -2.33. The Morgan fingerprint density at radius 3 is 2.12 bits per heavy atom. The van der Waals surface area contributed by atoms with Crippen LogP contribution < -0.4 is 0 Å². The van der Waals surface area contributed by atoms with Crippen molar-refractivity contribution in [1.29, 1.82) is 0 Å². The van der Waals surface area contributed by atoms with E-state index in [-0.39, 0.29) is 5.39 Å². The smallest absolute Gasteiger partial charge is 0.191 e. The van der Waals surface area contributed by atoms with E-state index in [0.29, 0.717) is 5.39 Å². The number of hydrogen-bond acceptors (Lipinski definition) is 0. The molecule has 0 aromatic heterocycles. The zero-order chi connectivity index (χ0) is 12.7. The average molecular weight is 245 g/mol. The SMILES string of the molecule is FC(F)(F)C(F)(F)c1[c]c2ccccc2cc1. The second-order valence-corrected chi connectivity index (χ2v) is 3.53. The van der Waals surface area contributed by atoms with Crippen LogP contribution in [0.4, 0.5) is 22.0 Å². The molecule has 0 N–H and O–H groups in total. The van der Waals surface area contributed by atoms with Crippen molar-refractivity contribution in [3.63, 3.8) is 0 Å². The lowest BCUT2D eigenvalue weighted by molar-refractivity contribution is -0.289. The summed E-state index contributed by atoms with van der Waals surface area (Å²) >= 11 is 0. The molecule has 0 saturated heterocycles. The Labute approximate surface area is 93.7 Å². The summed E-state index contributed by atoms with van der Waals surface area (Å²) in [5.74, 6) is -4.88. The molecule has 5 heteroatoms. The van der Waals surface area contributed by atoms with Gasteiger partial charge in [0.25, 0.3) is 0 Å². The molecule has 0 aliphatic rings. The van der Waals surface area contributed by atoms with E-state index >= 15 is 0 Å². The summed E-state index contributed by atoms with van der Waals surface area (Å²) in [7, 11) is 0. The Balaban J connectivity index is 2.57. The monoisotopic (exact) mass is 245 g/mol. The summed E-state index contributed by atoms with van der Waals surface area (Å²) in [6, 6.07) is 10.3. The summed E-state index contributed by atoms with van der Waals surface area (Å²) in [6.07, 6.45) is -5.61. The first-order valence-electron chi connectivity index (χ1n) is 4.68. The van der Waals surface area contributed by atoms with E-state index in [9.17, 15) is 22.0 Å². The van der Waals surface area contributed by atoms with Crippen LogP contribution in [0.1, 0.15) is 5.56 Å². The minimum atomic E-state index is -5.61. The molecule has 1 radical (unpaired) electrons. The Bertz CT molecular complexity index is 542. The van der Waals surface area contributed by atoms with E-state index < -0.39 is 17.7 Å². The third kappa shape index (κ3) is 1.97. The summed E-state index contributed by atoms with van der Waals surface area (Å²) < 4.78 is 62.5. The molecule has 0 bridgehead atoms. The topological polar surface area (TPSA) is 0 Å². The molecule has 0 aliphatic carbocycles. The van der Waals surface area contributed by atoms with Gasteiger partial charge in [0, 0.05) is 11.6 Å². The van der Waals surface area contributed by atoms with Gasteiger partial charge in [-0.2, -0.15) is 22.0 Å². The summed E-state index contributed by atoms with van der Waals surface area (Å²) in [5, 5.41) is 0.795. The minimum Gasteiger partial charge on any atom is -0.191 e. The maximum atomic E-state index is 13.0. The lowest BCUT2D eigenvalue weighted by Gasteiger charge is -2.19. The third-order valence-corrected chi connectivity index (χ3v) is 2.35. The van der Waals surface area contributed by atoms with Gasteiger partial charge in [-0.3, -0.25) is 0 Å². The second-order valence-electron chi connectivity index (χ2n) is 3.53. The van der Waals surface area contributed by atoms with Crippen molar-refractivity contribution in [3.8, 4) is 0 Å². The first-order chi connectivity index (χ1) is 7.82. The quantitative estimate of drug-likeness (QED) is 0.657. The summed E-state index contributed by atoms with van der Waals surface area (Å²) in [6.45, 7) is 0. The van der Waals surface area contributed by atoms with Gasteiger partial charge in [0.15, 0.2) is 0 Å². The summed E-state index contributed by atoms with van der Waals surface area (Å²) in [5.41, 5.74) is -1.16. The molecule has 0 amide bonds. The number of rotatable bonds is 1. The minimum absolute atomic E-state index is 0.230. The van der Waals surface area contributed by atoms with Gasteiger partial charge in [-0.05, 0) is 10.8 Å². The molecule has 0 spiro atoms. The van der Waals surface area contributed by atoms with Crippen molar-refractivity contribution in [2.75, 3.05) is 0 Å². The fourth-order valence-electron chi connectivity index (χ4n) is 1.45. The Morgan fingerprint density at radius 2 is 1.47 bits per heavy atom. The second kappa shape index (κ2) is 3.68. The molecule has 2 rings (SSSR count). The normalized spacial score (nSPS) is 13.0. The van der Waals surface area contributed by atoms with Crippen LogP contribution in [0.2, 0.25) is 0 Å². The number of hydrogen-bond donors (Lipinski definition) is 0. The van der Waals surface area contributed by atoms with E-state index in [0.717, 1.165) is 6.07 Å². The van der Waals surface area contributed by atoms with E-state index in [2.05, 4.69) is 6.07 Å². The molecule has 0 nitrogen and oxygen atoms in total. The highest BCUT2D eigenvalue weighted by Crippen LogP contribution is 2.44. The van der Waals surface area contributed by atoms with Crippen molar-refractivity contribution >= 4 is 10.8 Å². The lowest BCUT2D eigenvalue weighted by atomic mass is 10.0. The number of halogens is 5. The third-order valence-electron chi connectivity index (χ3n) is 2.35. The number of benzene rings is 2. The highest BCUT2D eigenvalue weighted by molar-refractivity contribution is 5.82. The van der Waals surface area contributed by atoms with Gasteiger partial charge < -0.3 is 0 Å². The van der Waals surface area contributed by atoms with Crippen LogP contribution in [0.5, 0.6) is 0 Å². The molecule has 17 heavy (non-hydrogen) atoms. The first kappa shape index (κ1) is 11.8. The number of fused-ring (bicyclic) bond motifs is 1. The Hall–Kier alpha value is -1.65. The van der Waals surface area contributed by atoms with Crippen LogP contribution in [0, 0.1) is 6.07 Å². The summed E-state index contributed by atoms with van der Waals surface area (Å²) in [4.78, 5) is 0. The first-order valence-corrected chi connectivity index (χ1v) is 4.68. The van der Waals surface area contributed by atoms with Crippen molar-refractivity contribution in [1.82, 2.24) is 0 Å². The Kier molecular flexibility index (Phi) is 2.56. The van der Waals surface area contributed by atoms with Crippen molar-refractivity contribution in [3.05, 3.63) is 48.0 Å². The maximum Gasteiger partial charge on any atom is 0.458 e. The van der Waals surface area contributed by atoms with Crippen molar-refractivity contribution < 1.29 is 22.0 Å². The molecular weight excluding hydrogens is 239 g/mol. The van der Waals surface area contributed by atoms with Crippen LogP contribution >= 0.6 is 0 Å². The van der Waals surface area contributed by atoms with Gasteiger partial charge in [-0.1, -0.05) is 36.4 Å². The standard InChI is InChI=1S/C12H6F5/c13-11(14,12(15,16)17)10-6-5-8-3-1-2-4-9(8)7-10/h1-6H.